The molecule has 1 heterocycles. The van der Waals surface area contributed by atoms with Gasteiger partial charge in [0.15, 0.2) is 0 Å². The molecule has 1 atom stereocenters. The lowest BCUT2D eigenvalue weighted by molar-refractivity contribution is 0.300. The van der Waals surface area contributed by atoms with Crippen molar-refractivity contribution in [1.29, 1.82) is 0 Å². The Labute approximate surface area is 118 Å². The molecule has 2 nitrogen and oxygen atoms in total. The largest absolute Gasteiger partial charge is 0.382 e. The molecule has 1 N–H and O–H groups in total. The first-order chi connectivity index (χ1) is 8.28. The van der Waals surface area contributed by atoms with E-state index in [9.17, 15) is 0 Å². The van der Waals surface area contributed by atoms with Gasteiger partial charge in [-0.25, -0.2) is 0 Å². The molecule has 0 bridgehead atoms. The quantitative estimate of drug-likeness (QED) is 0.844. The molecule has 1 aliphatic rings. The highest BCUT2D eigenvalue weighted by molar-refractivity contribution is 14.1. The zero-order valence-electron chi connectivity index (χ0n) is 10.5. The molecular formula is C14H21IN2. The summed E-state index contributed by atoms with van der Waals surface area (Å²) in [6.07, 6.45) is 3.87. The predicted molar refractivity (Wildman–Crippen MR) is 82.5 cm³/mol. The van der Waals surface area contributed by atoms with Gasteiger partial charge < -0.3 is 10.2 Å². The van der Waals surface area contributed by atoms with Crippen LogP contribution in [0.2, 0.25) is 0 Å². The van der Waals surface area contributed by atoms with Crippen molar-refractivity contribution in [1.82, 2.24) is 4.90 Å². The molecule has 0 spiro atoms. The minimum atomic E-state index is 0.645. The summed E-state index contributed by atoms with van der Waals surface area (Å²) in [5.74, 6) is 0. The van der Waals surface area contributed by atoms with Crippen LogP contribution in [-0.4, -0.2) is 30.6 Å². The van der Waals surface area contributed by atoms with Crippen molar-refractivity contribution in [3.05, 3.63) is 27.8 Å². The van der Waals surface area contributed by atoms with Crippen molar-refractivity contribution >= 4 is 28.3 Å². The Morgan fingerprint density at radius 3 is 2.71 bits per heavy atom. The molecule has 1 aliphatic heterocycles. The molecule has 94 valence electrons. The van der Waals surface area contributed by atoms with Crippen molar-refractivity contribution in [2.75, 3.05) is 25.0 Å². The molecule has 0 aliphatic carbocycles. The van der Waals surface area contributed by atoms with E-state index in [0.717, 1.165) is 0 Å². The van der Waals surface area contributed by atoms with E-state index in [1.54, 1.807) is 0 Å². The molecule has 0 radical (unpaired) electrons. The minimum Gasteiger partial charge on any atom is -0.382 e. The Morgan fingerprint density at radius 1 is 1.24 bits per heavy atom. The maximum absolute atomic E-state index is 3.66. The van der Waals surface area contributed by atoms with Crippen molar-refractivity contribution in [2.24, 2.45) is 0 Å². The Balaban J connectivity index is 1.88. The molecule has 0 amide bonds. The van der Waals surface area contributed by atoms with Gasteiger partial charge in [0.05, 0.1) is 0 Å². The normalized spacial score (nSPS) is 22.1. The summed E-state index contributed by atoms with van der Waals surface area (Å²) in [7, 11) is 0. The van der Waals surface area contributed by atoms with Crippen molar-refractivity contribution in [3.8, 4) is 0 Å². The van der Waals surface area contributed by atoms with Crippen molar-refractivity contribution in [2.45, 2.75) is 32.2 Å². The highest BCUT2D eigenvalue weighted by Gasteiger charge is 2.15. The Kier molecular flexibility index (Phi) is 5.10. The number of benzene rings is 1. The van der Waals surface area contributed by atoms with E-state index in [2.05, 4.69) is 64.0 Å². The first-order valence-electron chi connectivity index (χ1n) is 6.52. The predicted octanol–water partition coefficient (Wildman–Crippen LogP) is 3.58. The van der Waals surface area contributed by atoms with E-state index in [4.69, 9.17) is 0 Å². The molecular weight excluding hydrogens is 323 g/mol. The van der Waals surface area contributed by atoms with E-state index in [1.165, 1.54) is 48.2 Å². The summed E-state index contributed by atoms with van der Waals surface area (Å²) in [4.78, 5) is 2.55. The Morgan fingerprint density at radius 2 is 2.00 bits per heavy atom. The van der Waals surface area contributed by atoms with Crippen LogP contribution in [-0.2, 0) is 0 Å². The minimum absolute atomic E-state index is 0.645. The third-order valence-electron chi connectivity index (χ3n) is 3.48. The molecule has 0 saturated carbocycles. The van der Waals surface area contributed by atoms with Gasteiger partial charge in [0, 0.05) is 21.8 Å². The monoisotopic (exact) mass is 344 g/mol. The van der Waals surface area contributed by atoms with Gasteiger partial charge in [-0.15, -0.1) is 0 Å². The third-order valence-corrected chi connectivity index (χ3v) is 4.20. The van der Waals surface area contributed by atoms with Gasteiger partial charge >= 0.3 is 0 Å². The summed E-state index contributed by atoms with van der Waals surface area (Å²) in [6, 6.07) is 9.34. The Hall–Kier alpha value is -0.290. The molecule has 17 heavy (non-hydrogen) atoms. The second-order valence-electron chi connectivity index (χ2n) is 4.71. The number of rotatable bonds is 3. The van der Waals surface area contributed by atoms with Crippen molar-refractivity contribution < 1.29 is 0 Å². The van der Waals surface area contributed by atoms with Gasteiger partial charge in [0.2, 0.25) is 0 Å². The van der Waals surface area contributed by atoms with Crippen LogP contribution in [0.5, 0.6) is 0 Å². The zero-order chi connectivity index (χ0) is 12.1. The molecule has 1 fully saturated rings. The van der Waals surface area contributed by atoms with E-state index >= 15 is 0 Å². The lowest BCUT2D eigenvalue weighted by Crippen LogP contribution is -2.26. The van der Waals surface area contributed by atoms with E-state index in [-0.39, 0.29) is 0 Å². The van der Waals surface area contributed by atoms with Crippen LogP contribution < -0.4 is 5.32 Å². The smallest absolute Gasteiger partial charge is 0.0343 e. The lowest BCUT2D eigenvalue weighted by Gasteiger charge is -2.19. The topological polar surface area (TPSA) is 15.3 Å². The number of halogens is 1. The first-order valence-corrected chi connectivity index (χ1v) is 7.60. The van der Waals surface area contributed by atoms with Crippen molar-refractivity contribution in [3.63, 3.8) is 0 Å². The van der Waals surface area contributed by atoms with Crippen LogP contribution in [0.3, 0.4) is 0 Å². The number of hydrogen-bond donors (Lipinski definition) is 1. The van der Waals surface area contributed by atoms with Crippen LogP contribution in [0.4, 0.5) is 5.69 Å². The fourth-order valence-corrected chi connectivity index (χ4v) is 2.76. The number of nitrogens with zero attached hydrogens (tertiary/aromatic N) is 1. The lowest BCUT2D eigenvalue weighted by atomic mass is 10.1. The average molecular weight is 344 g/mol. The number of nitrogens with one attached hydrogen (secondary N) is 1. The summed E-state index contributed by atoms with van der Waals surface area (Å²) in [6.45, 7) is 5.95. The molecule has 2 rings (SSSR count). The first kappa shape index (κ1) is 13.1. The van der Waals surface area contributed by atoms with Crippen LogP contribution >= 0.6 is 22.6 Å². The van der Waals surface area contributed by atoms with E-state index in [1.807, 2.05) is 0 Å². The van der Waals surface area contributed by atoms with Gasteiger partial charge in [-0.05, 0) is 79.2 Å². The summed E-state index contributed by atoms with van der Waals surface area (Å²) < 4.78 is 1.30. The van der Waals surface area contributed by atoms with Gasteiger partial charge in [-0.3, -0.25) is 0 Å². The molecule has 1 aromatic rings. The van der Waals surface area contributed by atoms with Crippen LogP contribution in [0.15, 0.2) is 24.3 Å². The summed E-state index contributed by atoms with van der Waals surface area (Å²) >= 11 is 2.35. The summed E-state index contributed by atoms with van der Waals surface area (Å²) in [5, 5.41) is 3.66. The highest BCUT2D eigenvalue weighted by Crippen LogP contribution is 2.17. The van der Waals surface area contributed by atoms with Gasteiger partial charge in [-0.2, -0.15) is 0 Å². The fourth-order valence-electron chi connectivity index (χ4n) is 2.40. The van der Waals surface area contributed by atoms with Crippen LogP contribution in [0.1, 0.15) is 26.2 Å². The Bertz CT molecular complexity index is 337. The van der Waals surface area contributed by atoms with Gasteiger partial charge in [-0.1, -0.05) is 6.92 Å². The maximum Gasteiger partial charge on any atom is 0.0343 e. The molecule has 1 aromatic carbocycles. The van der Waals surface area contributed by atoms with Gasteiger partial charge in [0.25, 0.3) is 0 Å². The molecule has 1 unspecified atom stereocenters. The van der Waals surface area contributed by atoms with Crippen LogP contribution in [0, 0.1) is 3.57 Å². The maximum atomic E-state index is 3.66. The second kappa shape index (κ2) is 6.59. The van der Waals surface area contributed by atoms with E-state index in [0.29, 0.717) is 6.04 Å². The third kappa shape index (κ3) is 4.14. The zero-order valence-corrected chi connectivity index (χ0v) is 12.6. The second-order valence-corrected chi connectivity index (χ2v) is 5.96. The van der Waals surface area contributed by atoms with E-state index < -0.39 is 0 Å². The fraction of sp³-hybridized carbons (Fsp3) is 0.571. The number of likely N-dealkylation sites (tertiary alicyclic amines) is 1. The molecule has 1 saturated heterocycles. The highest BCUT2D eigenvalue weighted by atomic mass is 127. The summed E-state index contributed by atoms with van der Waals surface area (Å²) in [5.41, 5.74) is 1.26. The number of hydrogen-bond acceptors (Lipinski definition) is 2. The molecule has 3 heteroatoms. The average Bonchev–Trinajstić information content (AvgIpc) is 2.57. The van der Waals surface area contributed by atoms with Gasteiger partial charge in [0.1, 0.15) is 0 Å². The molecule has 0 aromatic heterocycles. The standard InChI is InChI=1S/C14H21IN2/c1-2-17-10-3-4-13(9-11-17)16-14-7-5-12(15)6-8-14/h5-8,13,16H,2-4,9-11H2,1H3. The number of anilines is 1. The van der Waals surface area contributed by atoms with Crippen LogP contribution in [0.25, 0.3) is 0 Å². The SMILES string of the molecule is CCN1CCCC(Nc2ccc(I)cc2)CC1.